The lowest BCUT2D eigenvalue weighted by atomic mass is 9.97. The van der Waals surface area contributed by atoms with Crippen molar-refractivity contribution in [3.8, 4) is 0 Å². The molecule has 1 saturated heterocycles. The molecule has 1 atom stereocenters. The topological polar surface area (TPSA) is 70.4 Å². The zero-order valence-electron chi connectivity index (χ0n) is 15.5. The summed E-state index contributed by atoms with van der Waals surface area (Å²) in [6, 6.07) is 0. The standard InChI is InChI=1S/C19H24N2O4S2/c1-2-24-15(22)11-26-19-20-17-16(13-7-3-4-8-14(13)27-17)18(23)21(19)10-12-6-5-9-25-12/h12H,2-11H2,1H3/t12-/m1/s1. The third-order valence-electron chi connectivity index (χ3n) is 5.07. The van der Waals surface area contributed by atoms with E-state index < -0.39 is 0 Å². The number of hydrogen-bond acceptors (Lipinski definition) is 7. The van der Waals surface area contributed by atoms with Crippen LogP contribution in [0.4, 0.5) is 0 Å². The number of esters is 1. The van der Waals surface area contributed by atoms with Crippen molar-refractivity contribution in [3.05, 3.63) is 20.8 Å². The van der Waals surface area contributed by atoms with Crippen LogP contribution in [-0.4, -0.2) is 40.6 Å². The quantitative estimate of drug-likeness (QED) is 0.415. The van der Waals surface area contributed by atoms with Crippen LogP contribution in [0.25, 0.3) is 10.2 Å². The second-order valence-corrected chi connectivity index (χ2v) is 8.96. The van der Waals surface area contributed by atoms with Crippen molar-refractivity contribution in [2.45, 2.75) is 63.3 Å². The van der Waals surface area contributed by atoms with Crippen LogP contribution in [0.1, 0.15) is 43.0 Å². The predicted octanol–water partition coefficient (Wildman–Crippen LogP) is 3.17. The minimum atomic E-state index is -0.286. The molecule has 0 aromatic carbocycles. The predicted molar refractivity (Wildman–Crippen MR) is 107 cm³/mol. The number of carbonyl (C=O) groups is 1. The number of rotatable bonds is 6. The lowest BCUT2D eigenvalue weighted by molar-refractivity contribution is -0.139. The maximum atomic E-state index is 13.4. The largest absolute Gasteiger partial charge is 0.465 e. The van der Waals surface area contributed by atoms with Crippen molar-refractivity contribution in [1.29, 1.82) is 0 Å². The Labute approximate surface area is 166 Å². The van der Waals surface area contributed by atoms with Crippen LogP contribution in [0.2, 0.25) is 0 Å². The highest BCUT2D eigenvalue weighted by Crippen LogP contribution is 2.35. The highest BCUT2D eigenvalue weighted by molar-refractivity contribution is 7.99. The molecule has 1 fully saturated rings. The summed E-state index contributed by atoms with van der Waals surface area (Å²) in [7, 11) is 0. The summed E-state index contributed by atoms with van der Waals surface area (Å²) in [5.74, 6) is -0.131. The lowest BCUT2D eigenvalue weighted by Gasteiger charge is -2.16. The first-order valence-corrected chi connectivity index (χ1v) is 11.4. The van der Waals surface area contributed by atoms with Crippen molar-refractivity contribution in [2.75, 3.05) is 19.0 Å². The molecule has 27 heavy (non-hydrogen) atoms. The number of fused-ring (bicyclic) bond motifs is 3. The molecule has 2 aliphatic rings. The molecule has 0 amide bonds. The SMILES string of the molecule is CCOC(=O)CSc1nc2sc3c(c2c(=O)n1C[C@H]1CCCO1)CCCC3. The molecule has 0 radical (unpaired) electrons. The van der Waals surface area contributed by atoms with E-state index in [0.717, 1.165) is 48.9 Å². The van der Waals surface area contributed by atoms with E-state index in [9.17, 15) is 9.59 Å². The molecule has 2 aromatic rings. The van der Waals surface area contributed by atoms with Crippen molar-refractivity contribution < 1.29 is 14.3 Å². The van der Waals surface area contributed by atoms with E-state index in [1.165, 1.54) is 28.6 Å². The molecule has 146 valence electrons. The van der Waals surface area contributed by atoms with E-state index in [0.29, 0.717) is 18.3 Å². The van der Waals surface area contributed by atoms with Crippen molar-refractivity contribution in [1.82, 2.24) is 9.55 Å². The molecule has 0 N–H and O–H groups in total. The van der Waals surface area contributed by atoms with E-state index in [4.69, 9.17) is 14.5 Å². The van der Waals surface area contributed by atoms with Crippen LogP contribution in [-0.2, 0) is 33.7 Å². The summed E-state index contributed by atoms with van der Waals surface area (Å²) in [6.07, 6.45) is 6.31. The Bertz CT molecular complexity index is 899. The van der Waals surface area contributed by atoms with Gasteiger partial charge in [-0.1, -0.05) is 11.8 Å². The Morgan fingerprint density at radius 2 is 2.22 bits per heavy atom. The molecule has 0 spiro atoms. The third-order valence-corrected chi connectivity index (χ3v) is 7.21. The van der Waals surface area contributed by atoms with Gasteiger partial charge in [0.15, 0.2) is 5.16 Å². The average molecular weight is 409 g/mol. The summed E-state index contributed by atoms with van der Waals surface area (Å²) >= 11 is 2.92. The van der Waals surface area contributed by atoms with Gasteiger partial charge in [0.1, 0.15) is 4.83 Å². The fourth-order valence-corrected chi connectivity index (χ4v) is 5.92. The Hall–Kier alpha value is -1.38. The van der Waals surface area contributed by atoms with Gasteiger partial charge in [-0.3, -0.25) is 14.2 Å². The Balaban J connectivity index is 1.73. The Morgan fingerprint density at radius 1 is 1.37 bits per heavy atom. The summed E-state index contributed by atoms with van der Waals surface area (Å²) in [4.78, 5) is 32.1. The van der Waals surface area contributed by atoms with Gasteiger partial charge in [0.2, 0.25) is 0 Å². The third kappa shape index (κ3) is 3.93. The summed E-state index contributed by atoms with van der Waals surface area (Å²) in [5, 5.41) is 1.38. The number of thiophene rings is 1. The van der Waals surface area contributed by atoms with Crippen LogP contribution >= 0.6 is 23.1 Å². The van der Waals surface area contributed by atoms with Crippen molar-refractivity contribution >= 4 is 39.3 Å². The molecule has 2 aromatic heterocycles. The van der Waals surface area contributed by atoms with E-state index in [2.05, 4.69) is 0 Å². The van der Waals surface area contributed by atoms with Gasteiger partial charge in [-0.25, -0.2) is 4.98 Å². The number of aromatic nitrogens is 2. The summed E-state index contributed by atoms with van der Waals surface area (Å²) in [6.45, 7) is 3.38. The molecular formula is C19H24N2O4S2. The fraction of sp³-hybridized carbons (Fsp3) is 0.632. The molecule has 6 nitrogen and oxygen atoms in total. The molecule has 1 aliphatic carbocycles. The van der Waals surface area contributed by atoms with Gasteiger partial charge < -0.3 is 9.47 Å². The van der Waals surface area contributed by atoms with Gasteiger partial charge in [-0.05, 0) is 51.0 Å². The Kier molecular flexibility index (Phi) is 5.85. The average Bonchev–Trinajstić information content (AvgIpc) is 3.30. The van der Waals surface area contributed by atoms with Crippen LogP contribution in [0, 0.1) is 0 Å². The molecule has 0 bridgehead atoms. The molecule has 4 rings (SSSR count). The summed E-state index contributed by atoms with van der Waals surface area (Å²) in [5.41, 5.74) is 1.21. The number of hydrogen-bond donors (Lipinski definition) is 0. The maximum Gasteiger partial charge on any atom is 0.316 e. The van der Waals surface area contributed by atoms with Gasteiger partial charge in [0, 0.05) is 11.5 Å². The number of aryl methyl sites for hydroxylation is 2. The fourth-order valence-electron chi connectivity index (χ4n) is 3.81. The smallest absolute Gasteiger partial charge is 0.316 e. The first kappa shape index (κ1) is 19.0. The summed E-state index contributed by atoms with van der Waals surface area (Å²) < 4.78 is 12.5. The van der Waals surface area contributed by atoms with Gasteiger partial charge in [0.25, 0.3) is 5.56 Å². The van der Waals surface area contributed by atoms with E-state index >= 15 is 0 Å². The van der Waals surface area contributed by atoms with Crippen molar-refractivity contribution in [3.63, 3.8) is 0 Å². The zero-order chi connectivity index (χ0) is 18.8. The number of nitrogens with zero attached hydrogens (tertiary/aromatic N) is 2. The molecule has 8 heteroatoms. The highest BCUT2D eigenvalue weighted by Gasteiger charge is 2.25. The van der Waals surface area contributed by atoms with E-state index in [1.807, 2.05) is 0 Å². The van der Waals surface area contributed by atoms with Gasteiger partial charge in [0.05, 0.1) is 30.4 Å². The normalized spacial score (nSPS) is 19.4. The minimum absolute atomic E-state index is 0.0151. The second kappa shape index (κ2) is 8.32. The number of carbonyl (C=O) groups excluding carboxylic acids is 1. The first-order valence-electron chi connectivity index (χ1n) is 9.62. The molecule has 0 saturated carbocycles. The van der Waals surface area contributed by atoms with E-state index in [1.54, 1.807) is 22.8 Å². The maximum absolute atomic E-state index is 13.4. The van der Waals surface area contributed by atoms with Crippen LogP contribution < -0.4 is 5.56 Å². The zero-order valence-corrected chi connectivity index (χ0v) is 17.1. The van der Waals surface area contributed by atoms with Gasteiger partial charge in [-0.2, -0.15) is 0 Å². The minimum Gasteiger partial charge on any atom is -0.465 e. The van der Waals surface area contributed by atoms with E-state index in [-0.39, 0.29) is 23.4 Å². The van der Waals surface area contributed by atoms with Crippen LogP contribution in [0.3, 0.4) is 0 Å². The molecule has 3 heterocycles. The molecule has 0 unspecified atom stereocenters. The van der Waals surface area contributed by atoms with Crippen LogP contribution in [0.5, 0.6) is 0 Å². The van der Waals surface area contributed by atoms with Crippen LogP contribution in [0.15, 0.2) is 9.95 Å². The lowest BCUT2D eigenvalue weighted by Crippen LogP contribution is -2.29. The molecule has 1 aliphatic heterocycles. The second-order valence-electron chi connectivity index (χ2n) is 6.93. The first-order chi connectivity index (χ1) is 13.2. The monoisotopic (exact) mass is 408 g/mol. The number of ether oxygens (including phenoxy) is 2. The number of thioether (sulfide) groups is 1. The highest BCUT2D eigenvalue weighted by atomic mass is 32.2. The Morgan fingerprint density at radius 3 is 3.00 bits per heavy atom. The van der Waals surface area contributed by atoms with Crippen molar-refractivity contribution in [2.24, 2.45) is 0 Å². The molecular weight excluding hydrogens is 384 g/mol. The van der Waals surface area contributed by atoms with Gasteiger partial charge >= 0.3 is 5.97 Å². The van der Waals surface area contributed by atoms with Gasteiger partial charge in [-0.15, -0.1) is 11.3 Å².